The molecule has 0 radical (unpaired) electrons. The summed E-state index contributed by atoms with van der Waals surface area (Å²) in [6.45, 7) is 0. The number of fused-ring (bicyclic) bond motifs is 2. The van der Waals surface area contributed by atoms with Gasteiger partial charge in [0.1, 0.15) is 0 Å². The normalized spacial score (nSPS) is 42.8. The second-order valence-electron chi connectivity index (χ2n) is 5.98. The van der Waals surface area contributed by atoms with Gasteiger partial charge < -0.3 is 9.63 Å². The van der Waals surface area contributed by atoms with Crippen LogP contribution in [-0.2, 0) is 0 Å². The van der Waals surface area contributed by atoms with Gasteiger partial charge in [0.15, 0.2) is 5.82 Å². The molecule has 3 fully saturated rings. The third-order valence-electron chi connectivity index (χ3n) is 4.89. The minimum atomic E-state index is -0.316. The molecule has 4 nitrogen and oxygen atoms in total. The topological polar surface area (TPSA) is 59.2 Å². The number of aliphatic hydroxyl groups excluding tert-OH is 1. The molecule has 0 spiro atoms. The summed E-state index contributed by atoms with van der Waals surface area (Å²) < 4.78 is 5.40. The van der Waals surface area contributed by atoms with E-state index in [2.05, 4.69) is 10.1 Å². The molecule has 1 N–H and O–H groups in total. The van der Waals surface area contributed by atoms with Crippen LogP contribution < -0.4 is 0 Å². The van der Waals surface area contributed by atoms with Crippen LogP contribution in [0.5, 0.6) is 0 Å². The Balaban J connectivity index is 1.55. The predicted molar refractivity (Wildman–Crippen MR) is 68.6 cm³/mol. The van der Waals surface area contributed by atoms with Gasteiger partial charge in [-0.3, -0.25) is 0 Å². The number of aliphatic hydroxyl groups is 1. The van der Waals surface area contributed by atoms with Crippen molar-refractivity contribution in [3.63, 3.8) is 0 Å². The van der Waals surface area contributed by atoms with Crippen molar-refractivity contribution >= 4 is 11.8 Å². The fraction of sp³-hybridized carbons (Fsp3) is 0.846. The van der Waals surface area contributed by atoms with E-state index in [-0.39, 0.29) is 12.0 Å². The van der Waals surface area contributed by atoms with Crippen LogP contribution in [0.15, 0.2) is 4.52 Å². The summed E-state index contributed by atoms with van der Waals surface area (Å²) in [5.74, 6) is 5.50. The van der Waals surface area contributed by atoms with Gasteiger partial charge in [-0.25, -0.2) is 0 Å². The lowest BCUT2D eigenvalue weighted by Crippen LogP contribution is -2.16. The molecule has 1 saturated heterocycles. The van der Waals surface area contributed by atoms with Crippen LogP contribution in [0.4, 0.5) is 0 Å². The van der Waals surface area contributed by atoms with Gasteiger partial charge in [0.2, 0.25) is 5.89 Å². The van der Waals surface area contributed by atoms with E-state index in [4.69, 9.17) is 4.52 Å². The molecule has 1 aromatic rings. The van der Waals surface area contributed by atoms with Crippen molar-refractivity contribution in [3.8, 4) is 0 Å². The maximum atomic E-state index is 9.87. The fourth-order valence-corrected chi connectivity index (χ4v) is 5.12. The SMILES string of the molecule is OC1CSCC1c1nc(C2CC3CCC2C3)no1. The molecule has 1 aliphatic heterocycles. The molecule has 4 rings (SSSR count). The summed E-state index contributed by atoms with van der Waals surface area (Å²) in [6, 6.07) is 0. The minimum Gasteiger partial charge on any atom is -0.391 e. The van der Waals surface area contributed by atoms with E-state index in [1.54, 1.807) is 11.8 Å². The van der Waals surface area contributed by atoms with Gasteiger partial charge in [-0.1, -0.05) is 11.6 Å². The predicted octanol–water partition coefficient (Wildman–Crippen LogP) is 2.16. The Bertz CT molecular complexity index is 450. The molecule has 2 heterocycles. The lowest BCUT2D eigenvalue weighted by atomic mass is 9.88. The van der Waals surface area contributed by atoms with Crippen molar-refractivity contribution in [2.24, 2.45) is 11.8 Å². The molecule has 3 aliphatic rings. The molecule has 2 aliphatic carbocycles. The summed E-state index contributed by atoms with van der Waals surface area (Å²) in [5.41, 5.74) is 0. The summed E-state index contributed by atoms with van der Waals surface area (Å²) in [4.78, 5) is 4.59. The number of nitrogens with zero attached hydrogens (tertiary/aromatic N) is 2. The first-order valence-corrected chi connectivity index (χ1v) is 8.06. The number of hydrogen-bond acceptors (Lipinski definition) is 5. The van der Waals surface area contributed by atoms with E-state index in [9.17, 15) is 5.11 Å². The molecule has 5 unspecified atom stereocenters. The first kappa shape index (κ1) is 11.3. The third kappa shape index (κ3) is 1.71. The fourth-order valence-electron chi connectivity index (χ4n) is 3.89. The number of rotatable bonds is 2. The molecule has 98 valence electrons. The monoisotopic (exact) mass is 266 g/mol. The summed E-state index contributed by atoms with van der Waals surface area (Å²) >= 11 is 1.76. The third-order valence-corrected chi connectivity index (χ3v) is 6.07. The first-order chi connectivity index (χ1) is 8.81. The summed E-state index contributed by atoms with van der Waals surface area (Å²) in [6.07, 6.45) is 5.01. The van der Waals surface area contributed by atoms with Crippen molar-refractivity contribution in [2.75, 3.05) is 11.5 Å². The average molecular weight is 266 g/mol. The Morgan fingerprint density at radius 2 is 2.11 bits per heavy atom. The molecule has 2 saturated carbocycles. The quantitative estimate of drug-likeness (QED) is 0.889. The standard InChI is InChI=1S/C13H18N2O2S/c16-11-6-18-5-10(11)13-14-12(15-17-13)9-4-7-1-2-8(9)3-7/h7-11,16H,1-6H2. The van der Waals surface area contributed by atoms with Crippen LogP contribution in [0.1, 0.15) is 49.2 Å². The molecule has 2 bridgehead atoms. The average Bonchev–Trinajstić information content (AvgIpc) is 3.12. The van der Waals surface area contributed by atoms with Gasteiger partial charge in [0.25, 0.3) is 0 Å². The molecule has 1 aromatic heterocycles. The number of aromatic nitrogens is 2. The Kier molecular flexibility index (Phi) is 2.66. The minimum absolute atomic E-state index is 0.0508. The summed E-state index contributed by atoms with van der Waals surface area (Å²) in [5, 5.41) is 14.1. The van der Waals surface area contributed by atoms with E-state index in [1.807, 2.05) is 0 Å². The zero-order valence-electron chi connectivity index (χ0n) is 10.3. The summed E-state index contributed by atoms with van der Waals surface area (Å²) in [7, 11) is 0. The molecule has 5 heteroatoms. The smallest absolute Gasteiger partial charge is 0.233 e. The van der Waals surface area contributed by atoms with Gasteiger partial charge >= 0.3 is 0 Å². The molecular weight excluding hydrogens is 248 g/mol. The van der Waals surface area contributed by atoms with Crippen molar-refractivity contribution in [1.82, 2.24) is 10.1 Å². The van der Waals surface area contributed by atoms with Crippen LogP contribution in [0.2, 0.25) is 0 Å². The van der Waals surface area contributed by atoms with Gasteiger partial charge in [0.05, 0.1) is 12.0 Å². The lowest BCUT2D eigenvalue weighted by Gasteiger charge is -2.17. The number of hydrogen-bond donors (Lipinski definition) is 1. The van der Waals surface area contributed by atoms with E-state index in [1.165, 1.54) is 25.7 Å². The van der Waals surface area contributed by atoms with Crippen LogP contribution >= 0.6 is 11.8 Å². The molecule has 18 heavy (non-hydrogen) atoms. The van der Waals surface area contributed by atoms with Crippen LogP contribution in [0.25, 0.3) is 0 Å². The number of thioether (sulfide) groups is 1. The van der Waals surface area contributed by atoms with Gasteiger partial charge in [-0.15, -0.1) is 0 Å². The first-order valence-electron chi connectivity index (χ1n) is 6.90. The van der Waals surface area contributed by atoms with Crippen molar-refractivity contribution < 1.29 is 9.63 Å². The molecular formula is C13H18N2O2S. The van der Waals surface area contributed by atoms with Gasteiger partial charge in [-0.2, -0.15) is 16.7 Å². The highest BCUT2D eigenvalue weighted by Gasteiger charge is 2.43. The van der Waals surface area contributed by atoms with Crippen LogP contribution in [0, 0.1) is 11.8 Å². The Morgan fingerprint density at radius 3 is 2.78 bits per heavy atom. The van der Waals surface area contributed by atoms with E-state index >= 15 is 0 Å². The zero-order chi connectivity index (χ0) is 12.1. The van der Waals surface area contributed by atoms with Gasteiger partial charge in [0, 0.05) is 17.4 Å². The van der Waals surface area contributed by atoms with Gasteiger partial charge in [-0.05, 0) is 31.1 Å². The lowest BCUT2D eigenvalue weighted by molar-refractivity contribution is 0.164. The van der Waals surface area contributed by atoms with Crippen molar-refractivity contribution in [1.29, 1.82) is 0 Å². The molecule has 0 amide bonds. The van der Waals surface area contributed by atoms with Crippen LogP contribution in [0.3, 0.4) is 0 Å². The highest BCUT2D eigenvalue weighted by molar-refractivity contribution is 7.99. The van der Waals surface area contributed by atoms with E-state index in [0.29, 0.717) is 11.8 Å². The second-order valence-corrected chi connectivity index (χ2v) is 7.06. The molecule has 0 aromatic carbocycles. The van der Waals surface area contributed by atoms with Crippen molar-refractivity contribution in [3.05, 3.63) is 11.7 Å². The van der Waals surface area contributed by atoms with Crippen molar-refractivity contribution in [2.45, 2.75) is 43.6 Å². The highest BCUT2D eigenvalue weighted by atomic mass is 32.2. The van der Waals surface area contributed by atoms with E-state index < -0.39 is 0 Å². The maximum absolute atomic E-state index is 9.87. The molecule has 5 atom stereocenters. The highest BCUT2D eigenvalue weighted by Crippen LogP contribution is 2.52. The second kappa shape index (κ2) is 4.23. The Labute approximate surface area is 111 Å². The Hall–Kier alpha value is -0.550. The van der Waals surface area contributed by atoms with E-state index in [0.717, 1.165) is 29.2 Å². The maximum Gasteiger partial charge on any atom is 0.233 e. The zero-order valence-corrected chi connectivity index (χ0v) is 11.1. The Morgan fingerprint density at radius 1 is 1.17 bits per heavy atom. The van der Waals surface area contributed by atoms with Crippen LogP contribution in [-0.4, -0.2) is 32.9 Å². The largest absolute Gasteiger partial charge is 0.391 e.